The van der Waals surface area contributed by atoms with Gasteiger partial charge in [-0.1, -0.05) is 6.07 Å². The van der Waals surface area contributed by atoms with Crippen LogP contribution in [-0.2, 0) is 16.6 Å². The summed E-state index contributed by atoms with van der Waals surface area (Å²) in [6.07, 6.45) is 1.74. The van der Waals surface area contributed by atoms with Crippen LogP contribution in [0.5, 0.6) is 11.5 Å². The Labute approximate surface area is 188 Å². The van der Waals surface area contributed by atoms with Gasteiger partial charge in [-0.2, -0.15) is 5.26 Å². The van der Waals surface area contributed by atoms with Crippen LogP contribution in [0.4, 0.5) is 5.69 Å². The minimum absolute atomic E-state index is 0.127. The van der Waals surface area contributed by atoms with E-state index >= 15 is 0 Å². The minimum atomic E-state index is -3.66. The molecule has 0 aliphatic carbocycles. The molecule has 0 aromatic heterocycles. The van der Waals surface area contributed by atoms with E-state index < -0.39 is 15.9 Å². The van der Waals surface area contributed by atoms with Gasteiger partial charge in [0.1, 0.15) is 0 Å². The zero-order chi connectivity index (χ0) is 23.3. The first-order valence-electron chi connectivity index (χ1n) is 10.0. The predicted octanol–water partition coefficient (Wildman–Crippen LogP) is 1.63. The summed E-state index contributed by atoms with van der Waals surface area (Å²) >= 11 is 0. The maximum Gasteiger partial charge on any atom is 0.253 e. The van der Waals surface area contributed by atoms with Crippen LogP contribution in [-0.4, -0.2) is 53.9 Å². The summed E-state index contributed by atoms with van der Waals surface area (Å²) in [6, 6.07) is 11.4. The van der Waals surface area contributed by atoms with E-state index in [0.29, 0.717) is 31.0 Å². The zero-order valence-corrected chi connectivity index (χ0v) is 19.0. The van der Waals surface area contributed by atoms with Gasteiger partial charge in [0.15, 0.2) is 11.5 Å². The topological polar surface area (TPSA) is 121 Å². The van der Waals surface area contributed by atoms with Gasteiger partial charge in [0.2, 0.25) is 10.0 Å². The second kappa shape index (κ2) is 9.89. The van der Waals surface area contributed by atoms with Gasteiger partial charge in [0, 0.05) is 13.1 Å². The number of benzene rings is 2. The van der Waals surface area contributed by atoms with Crippen LogP contribution in [0.15, 0.2) is 36.4 Å². The second-order valence-corrected chi connectivity index (χ2v) is 9.28. The first-order valence-corrected chi connectivity index (χ1v) is 11.9. The molecule has 0 bridgehead atoms. The fourth-order valence-corrected chi connectivity index (χ4v) is 4.97. The Kier molecular flexibility index (Phi) is 7.22. The van der Waals surface area contributed by atoms with Gasteiger partial charge in [0.05, 0.1) is 49.4 Å². The summed E-state index contributed by atoms with van der Waals surface area (Å²) < 4.78 is 37.1. The molecule has 9 nitrogen and oxygen atoms in total. The molecule has 3 rings (SSSR count). The maximum atomic E-state index is 13.1. The van der Waals surface area contributed by atoms with E-state index in [2.05, 4.69) is 10.6 Å². The van der Waals surface area contributed by atoms with E-state index in [1.807, 2.05) is 6.07 Å². The third kappa shape index (κ3) is 5.12. The second-order valence-electron chi connectivity index (χ2n) is 7.42. The average Bonchev–Trinajstić information content (AvgIpc) is 3.30. The van der Waals surface area contributed by atoms with Crippen LogP contribution < -0.4 is 24.4 Å². The van der Waals surface area contributed by atoms with Crippen LogP contribution >= 0.6 is 0 Å². The summed E-state index contributed by atoms with van der Waals surface area (Å²) in [5, 5.41) is 15.3. The van der Waals surface area contributed by atoms with Gasteiger partial charge in [-0.05, 0) is 48.9 Å². The number of anilines is 1. The lowest BCUT2D eigenvalue weighted by atomic mass is 10.1. The van der Waals surface area contributed by atoms with Gasteiger partial charge < -0.3 is 20.1 Å². The number of nitrogens with zero attached hydrogens (tertiary/aromatic N) is 2. The number of amides is 1. The van der Waals surface area contributed by atoms with Crippen LogP contribution in [0.1, 0.15) is 27.9 Å². The fraction of sp³-hybridized carbons (Fsp3) is 0.364. The largest absolute Gasteiger partial charge is 0.493 e. The molecule has 170 valence electrons. The molecule has 1 aliphatic heterocycles. The van der Waals surface area contributed by atoms with Gasteiger partial charge >= 0.3 is 0 Å². The highest BCUT2D eigenvalue weighted by Crippen LogP contribution is 2.30. The van der Waals surface area contributed by atoms with Crippen molar-refractivity contribution in [2.45, 2.75) is 19.0 Å². The molecule has 1 amide bonds. The normalized spacial score (nSPS) is 15.6. The molecular formula is C22H26N4O5S. The third-order valence-corrected chi connectivity index (χ3v) is 6.44. The van der Waals surface area contributed by atoms with Crippen molar-refractivity contribution < 1.29 is 22.7 Å². The monoisotopic (exact) mass is 458 g/mol. The number of ether oxygens (including phenoxy) is 2. The Hall–Kier alpha value is -3.29. The number of nitriles is 1. The molecule has 1 atom stereocenters. The smallest absolute Gasteiger partial charge is 0.253 e. The highest BCUT2D eigenvalue weighted by molar-refractivity contribution is 7.92. The van der Waals surface area contributed by atoms with Gasteiger partial charge in [-0.15, -0.1) is 0 Å². The lowest BCUT2D eigenvalue weighted by Gasteiger charge is -2.30. The lowest BCUT2D eigenvalue weighted by molar-refractivity contribution is 0.0951. The molecule has 1 aliphatic rings. The molecule has 2 aromatic rings. The number of methoxy groups -OCH3 is 2. The molecule has 0 unspecified atom stereocenters. The van der Waals surface area contributed by atoms with Crippen molar-refractivity contribution in [2.24, 2.45) is 0 Å². The standard InChI is InChI=1S/C22H26N4O5S/c1-30-20-7-5-16(11-21(20)31-2)13-25-22(27)18-10-15(12-23)4-6-19(18)26(32(3,28)29)17-8-9-24-14-17/h4-7,10-11,17,24H,8-9,13-14H2,1-3H3,(H,25,27)/t17-/m0/s1. The molecule has 0 radical (unpaired) electrons. The van der Waals surface area contributed by atoms with Gasteiger partial charge in [-0.25, -0.2) is 8.42 Å². The number of carbonyl (C=O) groups excluding carboxylic acids is 1. The molecule has 0 spiro atoms. The van der Waals surface area contributed by atoms with Gasteiger partial charge in [-0.3, -0.25) is 9.10 Å². The number of nitrogens with one attached hydrogen (secondary N) is 2. The van der Waals surface area contributed by atoms with E-state index in [1.54, 1.807) is 18.2 Å². The summed E-state index contributed by atoms with van der Waals surface area (Å²) in [5.41, 5.74) is 1.42. The van der Waals surface area contributed by atoms with Crippen LogP contribution in [0.3, 0.4) is 0 Å². The number of hydrogen-bond donors (Lipinski definition) is 2. The van der Waals surface area contributed by atoms with E-state index in [4.69, 9.17) is 9.47 Å². The Morgan fingerprint density at radius 1 is 1.22 bits per heavy atom. The SMILES string of the molecule is COc1ccc(CNC(=O)c2cc(C#N)ccc2N([C@H]2CCNC2)S(C)(=O)=O)cc1OC. The Balaban J connectivity index is 1.92. The van der Waals surface area contributed by atoms with E-state index in [-0.39, 0.29) is 29.4 Å². The Morgan fingerprint density at radius 3 is 2.56 bits per heavy atom. The van der Waals surface area contributed by atoms with E-state index in [1.165, 1.54) is 36.7 Å². The molecule has 1 saturated heterocycles. The van der Waals surface area contributed by atoms with Crippen molar-refractivity contribution >= 4 is 21.6 Å². The maximum absolute atomic E-state index is 13.1. The highest BCUT2D eigenvalue weighted by Gasteiger charge is 2.32. The van der Waals surface area contributed by atoms with Gasteiger partial charge in [0.25, 0.3) is 5.91 Å². The van der Waals surface area contributed by atoms with Crippen molar-refractivity contribution in [2.75, 3.05) is 37.9 Å². The summed E-state index contributed by atoms with van der Waals surface area (Å²) in [5.74, 6) is 0.621. The predicted molar refractivity (Wildman–Crippen MR) is 120 cm³/mol. The number of rotatable bonds is 8. The fourth-order valence-electron chi connectivity index (χ4n) is 3.73. The quantitative estimate of drug-likeness (QED) is 0.617. The molecule has 2 N–H and O–H groups in total. The molecule has 1 fully saturated rings. The summed E-state index contributed by atoms with van der Waals surface area (Å²) in [4.78, 5) is 13.1. The average molecular weight is 459 g/mol. The van der Waals surface area contributed by atoms with Crippen molar-refractivity contribution in [1.82, 2.24) is 10.6 Å². The first-order chi connectivity index (χ1) is 15.3. The molecule has 32 heavy (non-hydrogen) atoms. The third-order valence-electron chi connectivity index (χ3n) is 5.23. The molecule has 10 heteroatoms. The molecule has 1 heterocycles. The van der Waals surface area contributed by atoms with Crippen molar-refractivity contribution in [3.63, 3.8) is 0 Å². The van der Waals surface area contributed by atoms with E-state index in [9.17, 15) is 18.5 Å². The van der Waals surface area contributed by atoms with Crippen LogP contribution in [0.25, 0.3) is 0 Å². The van der Waals surface area contributed by atoms with E-state index in [0.717, 1.165) is 11.8 Å². The van der Waals surface area contributed by atoms with Crippen molar-refractivity contribution in [3.8, 4) is 17.6 Å². The first kappa shape index (κ1) is 23.4. The Bertz CT molecular complexity index is 1140. The number of hydrogen-bond acceptors (Lipinski definition) is 7. The molecule has 2 aromatic carbocycles. The van der Waals surface area contributed by atoms with Crippen molar-refractivity contribution in [1.29, 1.82) is 5.26 Å². The molecule has 0 saturated carbocycles. The number of carbonyl (C=O) groups is 1. The zero-order valence-electron chi connectivity index (χ0n) is 18.2. The number of sulfonamides is 1. The highest BCUT2D eigenvalue weighted by atomic mass is 32.2. The lowest BCUT2D eigenvalue weighted by Crippen LogP contribution is -2.42. The van der Waals surface area contributed by atoms with Crippen LogP contribution in [0.2, 0.25) is 0 Å². The van der Waals surface area contributed by atoms with Crippen LogP contribution in [0, 0.1) is 11.3 Å². The summed E-state index contributed by atoms with van der Waals surface area (Å²) in [7, 11) is -0.597. The molecular weight excluding hydrogens is 432 g/mol. The summed E-state index contributed by atoms with van der Waals surface area (Å²) in [6.45, 7) is 1.35. The Morgan fingerprint density at radius 2 is 1.97 bits per heavy atom. The minimum Gasteiger partial charge on any atom is -0.493 e. The van der Waals surface area contributed by atoms with Crippen molar-refractivity contribution in [3.05, 3.63) is 53.1 Å².